The smallest absolute Gasteiger partial charge is 0.291 e. The fourth-order valence-corrected chi connectivity index (χ4v) is 1.95. The van der Waals surface area contributed by atoms with Gasteiger partial charge in [-0.05, 0) is 30.7 Å². The van der Waals surface area contributed by atoms with E-state index >= 15 is 0 Å². The zero-order chi connectivity index (χ0) is 13.8. The van der Waals surface area contributed by atoms with Crippen molar-refractivity contribution in [2.45, 2.75) is 6.92 Å². The number of pyridine rings is 1. The Morgan fingerprint density at radius 1 is 1.11 bits per heavy atom. The Balaban J connectivity index is 0.000000297. The SMILES string of the molecule is Cc1cccc2nc3ccccc3cc12.O=[N+]([O-])O. The minimum Gasteiger partial charge on any atom is -0.328 e. The zero-order valence-corrected chi connectivity index (χ0v) is 10.3. The van der Waals surface area contributed by atoms with Gasteiger partial charge in [-0.3, -0.25) is 0 Å². The van der Waals surface area contributed by atoms with Crippen LogP contribution in [0.1, 0.15) is 5.56 Å². The molecule has 5 heteroatoms. The Hall–Kier alpha value is -2.69. The van der Waals surface area contributed by atoms with Gasteiger partial charge in [0.25, 0.3) is 5.09 Å². The molecule has 0 aliphatic rings. The summed E-state index contributed by atoms with van der Waals surface area (Å²) in [7, 11) is 0. The highest BCUT2D eigenvalue weighted by atomic mass is 16.9. The average molecular weight is 256 g/mol. The molecule has 0 spiro atoms. The second-order valence-corrected chi connectivity index (χ2v) is 4.06. The van der Waals surface area contributed by atoms with Gasteiger partial charge in [-0.2, -0.15) is 0 Å². The van der Waals surface area contributed by atoms with Crippen molar-refractivity contribution >= 4 is 21.8 Å². The number of benzene rings is 2. The van der Waals surface area contributed by atoms with E-state index in [0.29, 0.717) is 0 Å². The second kappa shape index (κ2) is 5.30. The van der Waals surface area contributed by atoms with Crippen molar-refractivity contribution in [2.24, 2.45) is 0 Å². The fraction of sp³-hybridized carbons (Fsp3) is 0.0714. The third kappa shape index (κ3) is 2.95. The maximum atomic E-state index is 8.36. The first kappa shape index (κ1) is 12.8. The Morgan fingerprint density at radius 3 is 2.47 bits per heavy atom. The lowest BCUT2D eigenvalue weighted by Crippen LogP contribution is -1.84. The number of hydrogen-bond donors (Lipinski definition) is 1. The van der Waals surface area contributed by atoms with E-state index in [1.165, 1.54) is 16.3 Å². The molecule has 0 fully saturated rings. The molecule has 96 valence electrons. The second-order valence-electron chi connectivity index (χ2n) is 4.06. The summed E-state index contributed by atoms with van der Waals surface area (Å²) < 4.78 is 0. The first-order valence-corrected chi connectivity index (χ1v) is 5.66. The molecule has 0 aliphatic heterocycles. The van der Waals surface area contributed by atoms with E-state index in [-0.39, 0.29) is 0 Å². The standard InChI is InChI=1S/C14H11N.HNO3/c1-10-5-4-8-14-12(10)9-11-6-2-3-7-13(11)15-14;2-1(3)4/h2-9H,1H3;(H,2,3,4). The average Bonchev–Trinajstić information content (AvgIpc) is 2.37. The molecule has 0 saturated carbocycles. The molecule has 0 bridgehead atoms. The summed E-state index contributed by atoms with van der Waals surface area (Å²) in [6.07, 6.45) is 0. The van der Waals surface area contributed by atoms with Crippen LogP contribution in [0.3, 0.4) is 0 Å². The molecule has 0 amide bonds. The minimum absolute atomic E-state index is 1.07. The molecular weight excluding hydrogens is 244 g/mol. The number of rotatable bonds is 0. The molecule has 0 unspecified atom stereocenters. The Kier molecular flexibility index (Phi) is 3.56. The molecule has 5 nitrogen and oxygen atoms in total. The fourth-order valence-electron chi connectivity index (χ4n) is 1.95. The monoisotopic (exact) mass is 256 g/mol. The lowest BCUT2D eigenvalue weighted by molar-refractivity contribution is -0.742. The highest BCUT2D eigenvalue weighted by Gasteiger charge is 2.00. The molecule has 2 aromatic carbocycles. The molecule has 1 heterocycles. The summed E-state index contributed by atoms with van der Waals surface area (Å²) in [5.41, 5.74) is 3.43. The van der Waals surface area contributed by atoms with E-state index in [0.717, 1.165) is 11.0 Å². The van der Waals surface area contributed by atoms with Crippen molar-refractivity contribution < 1.29 is 10.3 Å². The van der Waals surface area contributed by atoms with Gasteiger partial charge in [0.15, 0.2) is 0 Å². The van der Waals surface area contributed by atoms with Crippen LogP contribution >= 0.6 is 0 Å². The molecule has 1 aromatic heterocycles. The molecular formula is C14H12N2O3. The van der Waals surface area contributed by atoms with Gasteiger partial charge in [-0.15, -0.1) is 10.1 Å². The molecule has 0 saturated heterocycles. The number of nitrogens with zero attached hydrogens (tertiary/aromatic N) is 2. The third-order valence-electron chi connectivity index (χ3n) is 2.78. The topological polar surface area (TPSA) is 76.3 Å². The Morgan fingerprint density at radius 2 is 1.74 bits per heavy atom. The Bertz CT molecular complexity index is 737. The summed E-state index contributed by atoms with van der Waals surface area (Å²) in [6.45, 7) is 2.12. The van der Waals surface area contributed by atoms with E-state index in [9.17, 15) is 0 Å². The van der Waals surface area contributed by atoms with Crippen LogP contribution in [0.15, 0.2) is 48.5 Å². The van der Waals surface area contributed by atoms with Crippen LogP contribution in [-0.2, 0) is 0 Å². The largest absolute Gasteiger partial charge is 0.328 e. The van der Waals surface area contributed by atoms with E-state index in [4.69, 9.17) is 15.3 Å². The molecule has 0 aliphatic carbocycles. The van der Waals surface area contributed by atoms with Crippen LogP contribution in [0.4, 0.5) is 0 Å². The summed E-state index contributed by atoms with van der Waals surface area (Å²) >= 11 is 0. The molecule has 3 rings (SSSR count). The van der Waals surface area contributed by atoms with Gasteiger partial charge in [0.2, 0.25) is 0 Å². The third-order valence-corrected chi connectivity index (χ3v) is 2.78. The minimum atomic E-state index is -1.50. The molecule has 0 radical (unpaired) electrons. The lowest BCUT2D eigenvalue weighted by atomic mass is 10.1. The van der Waals surface area contributed by atoms with Crippen molar-refractivity contribution in [3.8, 4) is 0 Å². The van der Waals surface area contributed by atoms with Gasteiger partial charge in [0.05, 0.1) is 11.0 Å². The first-order chi connectivity index (χ1) is 9.08. The maximum absolute atomic E-state index is 8.36. The quantitative estimate of drug-likeness (QED) is 0.380. The van der Waals surface area contributed by atoms with E-state index in [2.05, 4.69) is 48.3 Å². The summed E-state index contributed by atoms with van der Waals surface area (Å²) in [4.78, 5) is 13.0. The van der Waals surface area contributed by atoms with Crippen molar-refractivity contribution in [1.29, 1.82) is 0 Å². The van der Waals surface area contributed by atoms with Gasteiger partial charge in [-0.25, -0.2) is 4.98 Å². The van der Waals surface area contributed by atoms with E-state index in [1.54, 1.807) is 0 Å². The van der Waals surface area contributed by atoms with Crippen molar-refractivity contribution in [1.82, 2.24) is 4.98 Å². The molecule has 1 N–H and O–H groups in total. The predicted molar refractivity (Wildman–Crippen MR) is 72.8 cm³/mol. The first-order valence-electron chi connectivity index (χ1n) is 5.66. The highest BCUT2D eigenvalue weighted by Crippen LogP contribution is 2.21. The van der Waals surface area contributed by atoms with Crippen LogP contribution in [0, 0.1) is 17.0 Å². The molecule has 3 aromatic rings. The van der Waals surface area contributed by atoms with Crippen molar-refractivity contribution in [3.05, 3.63) is 64.2 Å². The van der Waals surface area contributed by atoms with Gasteiger partial charge >= 0.3 is 0 Å². The number of fused-ring (bicyclic) bond motifs is 2. The summed E-state index contributed by atoms with van der Waals surface area (Å²) in [5, 5.41) is 16.1. The van der Waals surface area contributed by atoms with Crippen LogP contribution in [-0.4, -0.2) is 15.3 Å². The maximum Gasteiger partial charge on any atom is 0.291 e. The van der Waals surface area contributed by atoms with Crippen LogP contribution in [0.2, 0.25) is 0 Å². The lowest BCUT2D eigenvalue weighted by Gasteiger charge is -2.03. The van der Waals surface area contributed by atoms with Crippen molar-refractivity contribution in [3.63, 3.8) is 0 Å². The van der Waals surface area contributed by atoms with Crippen LogP contribution < -0.4 is 0 Å². The molecule has 19 heavy (non-hydrogen) atoms. The van der Waals surface area contributed by atoms with Gasteiger partial charge in [0.1, 0.15) is 0 Å². The number of aromatic nitrogens is 1. The van der Waals surface area contributed by atoms with E-state index in [1.807, 2.05) is 12.1 Å². The highest BCUT2D eigenvalue weighted by molar-refractivity contribution is 5.94. The number of aryl methyl sites for hydroxylation is 1. The van der Waals surface area contributed by atoms with Crippen molar-refractivity contribution in [2.75, 3.05) is 0 Å². The predicted octanol–water partition coefficient (Wildman–Crippen LogP) is 3.35. The van der Waals surface area contributed by atoms with E-state index < -0.39 is 5.09 Å². The van der Waals surface area contributed by atoms with Gasteiger partial charge < -0.3 is 5.21 Å². The van der Waals surface area contributed by atoms with Crippen LogP contribution in [0.5, 0.6) is 0 Å². The molecule has 0 atom stereocenters. The zero-order valence-electron chi connectivity index (χ0n) is 10.3. The Labute approximate surface area is 109 Å². The summed E-state index contributed by atoms with van der Waals surface area (Å²) in [6, 6.07) is 16.7. The normalized spacial score (nSPS) is 9.95. The number of hydrogen-bond acceptors (Lipinski definition) is 3. The number of para-hydroxylation sites is 1. The van der Waals surface area contributed by atoms with Crippen LogP contribution in [0.25, 0.3) is 21.8 Å². The summed E-state index contributed by atoms with van der Waals surface area (Å²) in [5.74, 6) is 0. The van der Waals surface area contributed by atoms with Gasteiger partial charge in [-0.1, -0.05) is 30.3 Å². The van der Waals surface area contributed by atoms with Gasteiger partial charge in [0, 0.05) is 10.8 Å².